The Morgan fingerprint density at radius 3 is 2.70 bits per heavy atom. The van der Waals surface area contributed by atoms with Gasteiger partial charge in [0.2, 0.25) is 0 Å². The van der Waals surface area contributed by atoms with Crippen LogP contribution < -0.4 is 5.43 Å². The molecule has 0 amide bonds. The summed E-state index contributed by atoms with van der Waals surface area (Å²) < 4.78 is 44.7. The summed E-state index contributed by atoms with van der Waals surface area (Å²) in [5.74, 6) is -0.447. The summed E-state index contributed by atoms with van der Waals surface area (Å²) in [5.41, 5.74) is 1.67. The van der Waals surface area contributed by atoms with E-state index in [4.69, 9.17) is 0 Å². The van der Waals surface area contributed by atoms with Crippen molar-refractivity contribution in [3.05, 3.63) is 69.9 Å². The zero-order valence-electron chi connectivity index (χ0n) is 15.5. The lowest BCUT2D eigenvalue weighted by Crippen LogP contribution is -2.10. The predicted octanol–water partition coefficient (Wildman–Crippen LogP) is 4.19. The number of ether oxygens (including phenoxy) is 1. The molecule has 8 nitrogen and oxygen atoms in total. The van der Waals surface area contributed by atoms with E-state index in [1.807, 2.05) is 0 Å². The highest BCUT2D eigenvalue weighted by atomic mass is 19.4. The molecule has 0 atom stereocenters. The molecule has 11 heteroatoms. The van der Waals surface area contributed by atoms with Gasteiger partial charge in [-0.15, -0.1) is 0 Å². The van der Waals surface area contributed by atoms with E-state index in [1.165, 1.54) is 13.3 Å². The number of hydrogen-bond acceptors (Lipinski definition) is 6. The molecule has 1 N–H and O–H groups in total. The Balaban J connectivity index is 1.89. The van der Waals surface area contributed by atoms with Crippen molar-refractivity contribution >= 4 is 34.5 Å². The number of aromatic nitrogens is 1. The minimum atomic E-state index is -4.70. The van der Waals surface area contributed by atoms with Crippen molar-refractivity contribution in [3.8, 4) is 0 Å². The molecule has 1 heterocycles. The van der Waals surface area contributed by atoms with Gasteiger partial charge in [-0.1, -0.05) is 18.2 Å². The van der Waals surface area contributed by atoms with Gasteiger partial charge in [-0.3, -0.25) is 20.3 Å². The van der Waals surface area contributed by atoms with Crippen molar-refractivity contribution in [1.29, 1.82) is 0 Å². The van der Waals surface area contributed by atoms with Gasteiger partial charge in [-0.25, -0.2) is 0 Å². The quantitative estimate of drug-likeness (QED) is 0.279. The van der Waals surface area contributed by atoms with Crippen LogP contribution in [0.5, 0.6) is 0 Å². The number of carbonyl (C=O) groups is 1. The van der Waals surface area contributed by atoms with E-state index >= 15 is 0 Å². The van der Waals surface area contributed by atoms with Crippen LogP contribution in [0.15, 0.2) is 53.8 Å². The Morgan fingerprint density at radius 2 is 2.03 bits per heavy atom. The fourth-order valence-electron chi connectivity index (χ4n) is 2.84. The number of para-hydroxylation sites is 1. The highest BCUT2D eigenvalue weighted by Gasteiger charge is 2.33. The molecule has 0 saturated carbocycles. The van der Waals surface area contributed by atoms with Crippen LogP contribution in [0.2, 0.25) is 0 Å². The number of methoxy groups -OCH3 is 1. The van der Waals surface area contributed by atoms with Gasteiger partial charge in [0.05, 0.1) is 23.8 Å². The predicted molar refractivity (Wildman–Crippen MR) is 103 cm³/mol. The molecular formula is C19H15F3N4O4. The molecule has 1 aromatic heterocycles. The molecule has 3 rings (SSSR count). The van der Waals surface area contributed by atoms with Gasteiger partial charge < -0.3 is 9.30 Å². The molecule has 0 aliphatic carbocycles. The number of nitrogens with zero attached hydrogens (tertiary/aromatic N) is 3. The molecule has 0 aliphatic heterocycles. The molecule has 0 spiro atoms. The first kappa shape index (κ1) is 20.8. The molecular weight excluding hydrogens is 405 g/mol. The van der Waals surface area contributed by atoms with Gasteiger partial charge >= 0.3 is 12.1 Å². The number of alkyl halides is 3. The number of nitrogens with one attached hydrogen (secondary N) is 1. The van der Waals surface area contributed by atoms with E-state index in [0.29, 0.717) is 11.6 Å². The Labute approximate surface area is 167 Å². The number of nitro groups is 1. The zero-order chi connectivity index (χ0) is 21.9. The summed E-state index contributed by atoms with van der Waals surface area (Å²) in [6, 6.07) is 9.29. The van der Waals surface area contributed by atoms with Gasteiger partial charge in [-0.05, 0) is 18.2 Å². The summed E-state index contributed by atoms with van der Waals surface area (Å²) in [4.78, 5) is 21.8. The number of anilines is 1. The van der Waals surface area contributed by atoms with Crippen molar-refractivity contribution in [1.82, 2.24) is 4.57 Å². The SMILES string of the molecule is COC(=O)Cn1cc(/C=N\Nc2ccc(C(F)(F)F)cc2[N+](=O)[O-])c2ccccc21. The highest BCUT2D eigenvalue weighted by Crippen LogP contribution is 2.35. The van der Waals surface area contributed by atoms with Gasteiger partial charge in [0.1, 0.15) is 12.2 Å². The Hall–Kier alpha value is -3.89. The number of esters is 1. The minimum Gasteiger partial charge on any atom is -0.468 e. The average molecular weight is 420 g/mol. The Bertz CT molecular complexity index is 1140. The fraction of sp³-hybridized carbons (Fsp3) is 0.158. The first-order chi connectivity index (χ1) is 14.2. The van der Waals surface area contributed by atoms with Gasteiger partial charge in [-0.2, -0.15) is 18.3 Å². The second kappa shape index (κ2) is 8.23. The van der Waals surface area contributed by atoms with E-state index in [0.717, 1.165) is 23.0 Å². The molecule has 0 bridgehead atoms. The third-order valence-electron chi connectivity index (χ3n) is 4.26. The third-order valence-corrected chi connectivity index (χ3v) is 4.26. The molecule has 30 heavy (non-hydrogen) atoms. The maximum absolute atomic E-state index is 12.8. The normalized spacial score (nSPS) is 11.7. The Kier molecular flexibility index (Phi) is 5.72. The van der Waals surface area contributed by atoms with E-state index in [-0.39, 0.29) is 12.2 Å². The minimum absolute atomic E-state index is 0.0251. The molecule has 0 unspecified atom stereocenters. The molecule has 0 fully saturated rings. The lowest BCUT2D eigenvalue weighted by molar-refractivity contribution is -0.384. The van der Waals surface area contributed by atoms with Crippen LogP contribution in [0.3, 0.4) is 0 Å². The molecule has 0 aliphatic rings. The number of halogens is 3. The fourth-order valence-corrected chi connectivity index (χ4v) is 2.84. The molecule has 0 radical (unpaired) electrons. The van der Waals surface area contributed by atoms with E-state index in [1.54, 1.807) is 35.0 Å². The number of hydrogen-bond donors (Lipinski definition) is 1. The standard InChI is InChI=1S/C19H15F3N4O4/c1-30-18(27)11-25-10-12(14-4-2-3-5-16(14)25)9-23-24-15-7-6-13(19(20,21)22)8-17(15)26(28)29/h2-10,24H,11H2,1H3/b23-9-. The van der Waals surface area contributed by atoms with Crippen LogP contribution in [-0.2, 0) is 22.3 Å². The number of carbonyl (C=O) groups excluding carboxylic acids is 1. The number of fused-ring (bicyclic) bond motifs is 1. The first-order valence-corrected chi connectivity index (χ1v) is 8.50. The van der Waals surface area contributed by atoms with Crippen LogP contribution in [-0.4, -0.2) is 28.8 Å². The van der Waals surface area contributed by atoms with E-state index < -0.39 is 28.3 Å². The lowest BCUT2D eigenvalue weighted by Gasteiger charge is -2.08. The van der Waals surface area contributed by atoms with Crippen LogP contribution in [0, 0.1) is 10.1 Å². The molecule has 0 saturated heterocycles. The van der Waals surface area contributed by atoms with Crippen molar-refractivity contribution in [2.24, 2.45) is 5.10 Å². The third kappa shape index (κ3) is 4.40. The van der Waals surface area contributed by atoms with Crippen molar-refractivity contribution < 1.29 is 27.6 Å². The second-order valence-corrected chi connectivity index (χ2v) is 6.16. The summed E-state index contributed by atoms with van der Waals surface area (Å²) in [7, 11) is 1.28. The second-order valence-electron chi connectivity index (χ2n) is 6.16. The van der Waals surface area contributed by atoms with Gasteiger partial charge in [0.25, 0.3) is 5.69 Å². The first-order valence-electron chi connectivity index (χ1n) is 8.50. The number of benzene rings is 2. The van der Waals surface area contributed by atoms with Crippen molar-refractivity contribution in [2.75, 3.05) is 12.5 Å². The van der Waals surface area contributed by atoms with Crippen LogP contribution >= 0.6 is 0 Å². The lowest BCUT2D eigenvalue weighted by atomic mass is 10.1. The monoisotopic (exact) mass is 420 g/mol. The van der Waals surface area contributed by atoms with Crippen LogP contribution in [0.4, 0.5) is 24.5 Å². The highest BCUT2D eigenvalue weighted by molar-refractivity contribution is 6.00. The zero-order valence-corrected chi connectivity index (χ0v) is 15.5. The van der Waals surface area contributed by atoms with E-state index in [2.05, 4.69) is 15.3 Å². The van der Waals surface area contributed by atoms with Crippen molar-refractivity contribution in [2.45, 2.75) is 12.7 Å². The van der Waals surface area contributed by atoms with Crippen molar-refractivity contribution in [3.63, 3.8) is 0 Å². The average Bonchev–Trinajstić information content (AvgIpc) is 3.04. The number of nitro benzene ring substituents is 1. The van der Waals surface area contributed by atoms with Gasteiger partial charge in [0.15, 0.2) is 0 Å². The summed E-state index contributed by atoms with van der Waals surface area (Å²) in [6.45, 7) is -0.0251. The Morgan fingerprint density at radius 1 is 1.30 bits per heavy atom. The molecule has 3 aromatic rings. The summed E-state index contributed by atoms with van der Waals surface area (Å²) >= 11 is 0. The van der Waals surface area contributed by atoms with Crippen LogP contribution in [0.1, 0.15) is 11.1 Å². The topological polar surface area (TPSA) is 98.8 Å². The maximum Gasteiger partial charge on any atom is 0.416 e. The van der Waals surface area contributed by atoms with Gasteiger partial charge in [0, 0.05) is 28.7 Å². The molecule has 2 aromatic carbocycles. The molecule has 156 valence electrons. The smallest absolute Gasteiger partial charge is 0.416 e. The largest absolute Gasteiger partial charge is 0.468 e. The number of hydrazone groups is 1. The maximum atomic E-state index is 12.8. The summed E-state index contributed by atoms with van der Waals surface area (Å²) in [5, 5.41) is 15.8. The number of rotatable bonds is 6. The van der Waals surface area contributed by atoms with E-state index in [9.17, 15) is 28.1 Å². The van der Waals surface area contributed by atoms with Crippen LogP contribution in [0.25, 0.3) is 10.9 Å². The summed E-state index contributed by atoms with van der Waals surface area (Å²) in [6.07, 6.45) is -1.69.